The number of fused-ring (bicyclic) bond motifs is 1. The highest BCUT2D eigenvalue weighted by molar-refractivity contribution is 7.80. The van der Waals surface area contributed by atoms with Gasteiger partial charge in [0.1, 0.15) is 17.4 Å². The maximum absolute atomic E-state index is 5.41. The van der Waals surface area contributed by atoms with Crippen molar-refractivity contribution in [2.45, 2.75) is 6.42 Å². The first-order chi connectivity index (χ1) is 5.86. The zero-order chi connectivity index (χ0) is 8.39. The predicted molar refractivity (Wildman–Crippen MR) is 51.6 cm³/mol. The van der Waals surface area contributed by atoms with Crippen LogP contribution in [-0.4, -0.2) is 11.6 Å². The minimum absolute atomic E-state index is 0.492. The summed E-state index contributed by atoms with van der Waals surface area (Å²) in [4.78, 5) is 0.750. The molecule has 62 valence electrons. The molecule has 2 nitrogen and oxygen atoms in total. The van der Waals surface area contributed by atoms with Crippen molar-refractivity contribution in [3.63, 3.8) is 0 Å². The lowest BCUT2D eigenvalue weighted by molar-refractivity contribution is 0.253. The maximum Gasteiger partial charge on any atom is 0.143 e. The molecule has 12 heavy (non-hydrogen) atoms. The van der Waals surface area contributed by atoms with Gasteiger partial charge in [0, 0.05) is 0 Å². The smallest absolute Gasteiger partial charge is 0.143 e. The van der Waals surface area contributed by atoms with Crippen molar-refractivity contribution in [3.8, 4) is 0 Å². The Labute approximate surface area is 76.6 Å². The zero-order valence-corrected chi connectivity index (χ0v) is 7.36. The van der Waals surface area contributed by atoms with Crippen LogP contribution >= 0.6 is 12.2 Å². The van der Waals surface area contributed by atoms with E-state index in [0.29, 0.717) is 6.61 Å². The number of ether oxygens (including phenoxy) is 1. The quantitative estimate of drug-likeness (QED) is 0.571. The van der Waals surface area contributed by atoms with Crippen molar-refractivity contribution in [2.75, 3.05) is 6.61 Å². The monoisotopic (exact) mass is 179 g/mol. The van der Waals surface area contributed by atoms with E-state index in [1.807, 2.05) is 12.2 Å². The van der Waals surface area contributed by atoms with Gasteiger partial charge >= 0.3 is 0 Å². The Balaban J connectivity index is 2.28. The molecule has 1 fully saturated rings. The molecule has 0 atom stereocenters. The average Bonchev–Trinajstić information content (AvgIpc) is 2.28. The minimum atomic E-state index is 0.492. The van der Waals surface area contributed by atoms with Gasteiger partial charge in [-0.15, -0.1) is 0 Å². The third-order valence-corrected chi connectivity index (χ3v) is 1.96. The van der Waals surface area contributed by atoms with Crippen LogP contribution in [0, 0.1) is 0 Å². The SMILES string of the molecule is S=C1COC2=CC=CCC=C2N1. The van der Waals surface area contributed by atoms with E-state index in [9.17, 15) is 0 Å². The first-order valence-corrected chi connectivity index (χ1v) is 4.27. The number of morpholine rings is 1. The molecule has 1 aliphatic carbocycles. The third kappa shape index (κ3) is 1.41. The number of nitrogens with one attached hydrogen (secondary N) is 1. The van der Waals surface area contributed by atoms with Crippen LogP contribution in [0.1, 0.15) is 6.42 Å². The van der Waals surface area contributed by atoms with E-state index in [2.05, 4.69) is 17.5 Å². The van der Waals surface area contributed by atoms with E-state index in [1.54, 1.807) is 0 Å². The molecule has 2 rings (SSSR count). The lowest BCUT2D eigenvalue weighted by Gasteiger charge is -2.21. The predicted octanol–water partition coefficient (Wildman–Crippen LogP) is 1.66. The Bertz CT molecular complexity index is 302. The summed E-state index contributed by atoms with van der Waals surface area (Å²) in [7, 11) is 0. The van der Waals surface area contributed by atoms with Crippen molar-refractivity contribution in [1.82, 2.24) is 5.32 Å². The molecule has 3 heteroatoms. The molecule has 0 aromatic heterocycles. The van der Waals surface area contributed by atoms with Crippen LogP contribution in [0.25, 0.3) is 0 Å². The Morgan fingerprint density at radius 2 is 2.42 bits per heavy atom. The third-order valence-electron chi connectivity index (χ3n) is 1.74. The summed E-state index contributed by atoms with van der Waals surface area (Å²) in [6.07, 6.45) is 9.02. The van der Waals surface area contributed by atoms with Gasteiger partial charge in [0.05, 0.1) is 5.70 Å². The van der Waals surface area contributed by atoms with Gasteiger partial charge < -0.3 is 10.1 Å². The van der Waals surface area contributed by atoms with Crippen molar-refractivity contribution in [3.05, 3.63) is 35.8 Å². The summed E-state index contributed by atoms with van der Waals surface area (Å²) < 4.78 is 5.41. The van der Waals surface area contributed by atoms with Crippen LogP contribution in [0.3, 0.4) is 0 Å². The van der Waals surface area contributed by atoms with E-state index in [4.69, 9.17) is 17.0 Å². The lowest BCUT2D eigenvalue weighted by Crippen LogP contribution is -2.32. The molecule has 1 saturated heterocycles. The number of hydrogen-bond acceptors (Lipinski definition) is 2. The highest BCUT2D eigenvalue weighted by atomic mass is 32.1. The van der Waals surface area contributed by atoms with Crippen LogP contribution in [-0.2, 0) is 4.74 Å². The largest absolute Gasteiger partial charge is 0.484 e. The molecule has 0 aromatic carbocycles. The van der Waals surface area contributed by atoms with E-state index in [-0.39, 0.29) is 0 Å². The molecule has 1 aliphatic heterocycles. The first kappa shape index (κ1) is 7.55. The van der Waals surface area contributed by atoms with Crippen LogP contribution in [0.4, 0.5) is 0 Å². The summed E-state index contributed by atoms with van der Waals surface area (Å²) in [6, 6.07) is 0. The molecule has 0 aromatic rings. The van der Waals surface area contributed by atoms with Gasteiger partial charge in [-0.1, -0.05) is 30.4 Å². The second-order valence-corrected chi connectivity index (χ2v) is 3.14. The zero-order valence-electron chi connectivity index (χ0n) is 6.54. The van der Waals surface area contributed by atoms with Gasteiger partial charge in [-0.2, -0.15) is 0 Å². The molecule has 2 aliphatic rings. The molecule has 0 saturated carbocycles. The molecule has 0 bridgehead atoms. The Kier molecular flexibility index (Phi) is 1.96. The molecular weight excluding hydrogens is 170 g/mol. The Hall–Kier alpha value is -1.09. The van der Waals surface area contributed by atoms with Crippen LogP contribution in [0.2, 0.25) is 0 Å². The summed E-state index contributed by atoms with van der Waals surface area (Å²) in [5.74, 6) is 0.886. The number of allylic oxidation sites excluding steroid dienone is 4. The normalized spacial score (nSPS) is 21.2. The van der Waals surface area contributed by atoms with Gasteiger partial charge in [0.2, 0.25) is 0 Å². The average molecular weight is 179 g/mol. The molecular formula is C9H9NOS. The van der Waals surface area contributed by atoms with Crippen molar-refractivity contribution >= 4 is 17.2 Å². The fourth-order valence-corrected chi connectivity index (χ4v) is 1.35. The second-order valence-electron chi connectivity index (χ2n) is 2.65. The molecule has 1 N–H and O–H groups in total. The van der Waals surface area contributed by atoms with Crippen LogP contribution < -0.4 is 5.32 Å². The number of thiocarbonyl (C=S) groups is 1. The fourth-order valence-electron chi connectivity index (χ4n) is 1.18. The van der Waals surface area contributed by atoms with E-state index in [1.165, 1.54) is 0 Å². The molecule has 0 spiro atoms. The topological polar surface area (TPSA) is 21.3 Å². The van der Waals surface area contributed by atoms with Gasteiger partial charge in [0.25, 0.3) is 0 Å². The summed E-state index contributed by atoms with van der Waals surface area (Å²) in [5.41, 5.74) is 0.997. The first-order valence-electron chi connectivity index (χ1n) is 3.86. The molecule has 0 unspecified atom stereocenters. The van der Waals surface area contributed by atoms with Gasteiger partial charge in [0.15, 0.2) is 0 Å². The van der Waals surface area contributed by atoms with Crippen molar-refractivity contribution in [1.29, 1.82) is 0 Å². The number of rotatable bonds is 0. The Morgan fingerprint density at radius 1 is 1.50 bits per heavy atom. The maximum atomic E-state index is 5.41. The standard InChI is InChI=1S/C9H9NOS/c12-9-6-11-8-5-3-1-2-4-7(8)10-9/h1,3-5H,2,6H2,(H,10,12). The minimum Gasteiger partial charge on any atom is -0.484 e. The van der Waals surface area contributed by atoms with Crippen molar-refractivity contribution in [2.24, 2.45) is 0 Å². The summed E-state index contributed by atoms with van der Waals surface area (Å²) >= 11 is 4.99. The van der Waals surface area contributed by atoms with Gasteiger partial charge in [-0.3, -0.25) is 0 Å². The Morgan fingerprint density at radius 3 is 3.33 bits per heavy atom. The molecule has 0 amide bonds. The highest BCUT2D eigenvalue weighted by Crippen LogP contribution is 2.17. The summed E-state index contributed by atoms with van der Waals surface area (Å²) in [5, 5.41) is 3.12. The highest BCUT2D eigenvalue weighted by Gasteiger charge is 2.15. The van der Waals surface area contributed by atoms with Gasteiger partial charge in [-0.25, -0.2) is 0 Å². The fraction of sp³-hybridized carbons (Fsp3) is 0.222. The number of hydrogen-bond donors (Lipinski definition) is 1. The van der Waals surface area contributed by atoms with Crippen LogP contribution in [0.5, 0.6) is 0 Å². The second kappa shape index (κ2) is 3.11. The van der Waals surface area contributed by atoms with Crippen molar-refractivity contribution < 1.29 is 4.74 Å². The van der Waals surface area contributed by atoms with E-state index in [0.717, 1.165) is 22.9 Å². The lowest BCUT2D eigenvalue weighted by atomic mass is 10.3. The molecule has 1 heterocycles. The summed E-state index contributed by atoms with van der Waals surface area (Å²) in [6.45, 7) is 0.492. The van der Waals surface area contributed by atoms with Gasteiger partial charge in [-0.05, 0) is 12.5 Å². The molecule has 0 radical (unpaired) electrons. The van der Waals surface area contributed by atoms with Crippen LogP contribution in [0.15, 0.2) is 35.8 Å². The van der Waals surface area contributed by atoms with E-state index >= 15 is 0 Å². The van der Waals surface area contributed by atoms with E-state index < -0.39 is 0 Å².